The zero-order valence-corrected chi connectivity index (χ0v) is 14.6. The van der Waals surface area contributed by atoms with Crippen molar-refractivity contribution in [2.45, 2.75) is 36.6 Å². The number of halogens is 1. The molecule has 1 aliphatic rings. The van der Waals surface area contributed by atoms with E-state index in [1.807, 2.05) is 0 Å². The number of nitrogens with zero attached hydrogens (tertiary/aromatic N) is 1. The Bertz CT molecular complexity index is 586. The Balaban J connectivity index is 1.93. The SMILES string of the molecule is CN(CCNS(=O)(=O)c1cc(Br)ccc1N)C1CCCC1. The third kappa shape index (κ3) is 4.42. The number of hydrogen-bond donors (Lipinski definition) is 2. The van der Waals surface area contributed by atoms with Crippen LogP contribution in [0.1, 0.15) is 25.7 Å². The van der Waals surface area contributed by atoms with Gasteiger partial charge in [0.2, 0.25) is 10.0 Å². The fourth-order valence-electron chi connectivity index (χ4n) is 2.70. The van der Waals surface area contributed by atoms with Crippen molar-refractivity contribution in [1.82, 2.24) is 9.62 Å². The van der Waals surface area contributed by atoms with Gasteiger partial charge in [0.1, 0.15) is 4.90 Å². The van der Waals surface area contributed by atoms with E-state index in [1.165, 1.54) is 31.7 Å². The molecule has 0 aliphatic heterocycles. The number of sulfonamides is 1. The van der Waals surface area contributed by atoms with Crippen LogP contribution in [0, 0.1) is 0 Å². The zero-order chi connectivity index (χ0) is 15.5. The molecular formula is C14H22BrN3O2S. The minimum atomic E-state index is -3.56. The maximum atomic E-state index is 12.3. The van der Waals surface area contributed by atoms with Gasteiger partial charge in [0.05, 0.1) is 5.69 Å². The van der Waals surface area contributed by atoms with E-state index in [1.54, 1.807) is 12.1 Å². The molecule has 3 N–H and O–H groups in total. The quantitative estimate of drug-likeness (QED) is 0.747. The number of likely N-dealkylation sites (N-methyl/N-ethyl adjacent to an activating group) is 1. The lowest BCUT2D eigenvalue weighted by molar-refractivity contribution is 0.250. The molecular weight excluding hydrogens is 354 g/mol. The van der Waals surface area contributed by atoms with Crippen LogP contribution < -0.4 is 10.5 Å². The van der Waals surface area contributed by atoms with Gasteiger partial charge < -0.3 is 10.6 Å². The number of hydrogen-bond acceptors (Lipinski definition) is 4. The molecule has 0 aromatic heterocycles. The standard InChI is InChI=1S/C14H22BrN3O2S/c1-18(12-4-2-3-5-12)9-8-17-21(19,20)14-10-11(15)6-7-13(14)16/h6-7,10,12,17H,2-5,8-9,16H2,1H3. The van der Waals surface area contributed by atoms with Crippen LogP contribution in [0.15, 0.2) is 27.6 Å². The first-order chi connectivity index (χ1) is 9.90. The number of nitrogens with one attached hydrogen (secondary N) is 1. The van der Waals surface area contributed by atoms with Crippen LogP contribution in [0.25, 0.3) is 0 Å². The Hall–Kier alpha value is -0.630. The van der Waals surface area contributed by atoms with Gasteiger partial charge in [-0.3, -0.25) is 0 Å². The van der Waals surface area contributed by atoms with Crippen molar-refractivity contribution in [1.29, 1.82) is 0 Å². The average molecular weight is 376 g/mol. The number of anilines is 1. The molecule has 1 aromatic carbocycles. The summed E-state index contributed by atoms with van der Waals surface area (Å²) in [5.41, 5.74) is 6.02. The Morgan fingerprint density at radius 1 is 1.38 bits per heavy atom. The van der Waals surface area contributed by atoms with Crippen LogP contribution in [0.2, 0.25) is 0 Å². The highest BCUT2D eigenvalue weighted by Crippen LogP contribution is 2.23. The maximum Gasteiger partial charge on any atom is 0.242 e. The van der Waals surface area contributed by atoms with Crippen molar-refractivity contribution in [2.75, 3.05) is 25.9 Å². The largest absolute Gasteiger partial charge is 0.398 e. The molecule has 0 unspecified atom stereocenters. The van der Waals surface area contributed by atoms with Crippen molar-refractivity contribution < 1.29 is 8.42 Å². The van der Waals surface area contributed by atoms with Crippen LogP contribution in [-0.2, 0) is 10.0 Å². The number of benzene rings is 1. The molecule has 0 saturated heterocycles. The predicted molar refractivity (Wildman–Crippen MR) is 88.6 cm³/mol. The van der Waals surface area contributed by atoms with Crippen LogP contribution in [-0.4, -0.2) is 39.5 Å². The van der Waals surface area contributed by atoms with Crippen LogP contribution in [0.4, 0.5) is 5.69 Å². The molecule has 0 heterocycles. The second kappa shape index (κ2) is 7.09. The minimum Gasteiger partial charge on any atom is -0.398 e. The molecule has 0 radical (unpaired) electrons. The molecule has 0 atom stereocenters. The van der Waals surface area contributed by atoms with Gasteiger partial charge in [-0.15, -0.1) is 0 Å². The molecule has 1 aromatic rings. The smallest absolute Gasteiger partial charge is 0.242 e. The first-order valence-corrected chi connectivity index (χ1v) is 9.43. The van der Waals surface area contributed by atoms with E-state index in [2.05, 4.69) is 32.6 Å². The van der Waals surface area contributed by atoms with E-state index in [0.29, 0.717) is 23.6 Å². The highest BCUT2D eigenvalue weighted by Gasteiger charge is 2.21. The molecule has 2 rings (SSSR count). The summed E-state index contributed by atoms with van der Waals surface area (Å²) in [5.74, 6) is 0. The van der Waals surface area contributed by atoms with Crippen molar-refractivity contribution in [3.63, 3.8) is 0 Å². The topological polar surface area (TPSA) is 75.4 Å². The summed E-state index contributed by atoms with van der Waals surface area (Å²) in [6.07, 6.45) is 4.97. The molecule has 21 heavy (non-hydrogen) atoms. The highest BCUT2D eigenvalue weighted by molar-refractivity contribution is 9.10. The Morgan fingerprint density at radius 3 is 2.71 bits per heavy atom. The first-order valence-electron chi connectivity index (χ1n) is 7.15. The second-order valence-electron chi connectivity index (χ2n) is 5.50. The number of nitrogen functional groups attached to an aromatic ring is 1. The summed E-state index contributed by atoms with van der Waals surface area (Å²) in [6.45, 7) is 1.10. The van der Waals surface area contributed by atoms with Crippen molar-refractivity contribution in [3.8, 4) is 0 Å². The highest BCUT2D eigenvalue weighted by atomic mass is 79.9. The van der Waals surface area contributed by atoms with Crippen molar-refractivity contribution in [3.05, 3.63) is 22.7 Å². The molecule has 1 aliphatic carbocycles. The van der Waals surface area contributed by atoms with Gasteiger partial charge in [-0.2, -0.15) is 0 Å². The molecule has 0 amide bonds. The van der Waals surface area contributed by atoms with Crippen LogP contribution >= 0.6 is 15.9 Å². The zero-order valence-electron chi connectivity index (χ0n) is 12.2. The van der Waals surface area contributed by atoms with Gasteiger partial charge in [-0.25, -0.2) is 13.1 Å². The molecule has 0 bridgehead atoms. The molecule has 1 fully saturated rings. The van der Waals surface area contributed by atoms with E-state index in [4.69, 9.17) is 5.73 Å². The summed E-state index contributed by atoms with van der Waals surface area (Å²) < 4.78 is 27.9. The lowest BCUT2D eigenvalue weighted by atomic mass is 10.2. The summed E-state index contributed by atoms with van der Waals surface area (Å²) in [6, 6.07) is 5.43. The molecule has 0 spiro atoms. The van der Waals surface area contributed by atoms with Gasteiger partial charge in [0, 0.05) is 23.6 Å². The van der Waals surface area contributed by atoms with Crippen LogP contribution in [0.3, 0.4) is 0 Å². The molecule has 118 valence electrons. The maximum absolute atomic E-state index is 12.3. The van der Waals surface area contributed by atoms with Gasteiger partial charge in [-0.05, 0) is 38.1 Å². The second-order valence-corrected chi connectivity index (χ2v) is 8.15. The third-order valence-corrected chi connectivity index (χ3v) is 5.98. The fraction of sp³-hybridized carbons (Fsp3) is 0.571. The summed E-state index contributed by atoms with van der Waals surface area (Å²) in [7, 11) is -1.51. The lowest BCUT2D eigenvalue weighted by Gasteiger charge is -2.24. The average Bonchev–Trinajstić information content (AvgIpc) is 2.95. The van der Waals surface area contributed by atoms with Gasteiger partial charge in [0.15, 0.2) is 0 Å². The lowest BCUT2D eigenvalue weighted by Crippen LogP contribution is -2.37. The van der Waals surface area contributed by atoms with Gasteiger partial charge in [0.25, 0.3) is 0 Å². The van der Waals surface area contributed by atoms with E-state index in [-0.39, 0.29) is 10.6 Å². The summed E-state index contributed by atoms with van der Waals surface area (Å²) in [4.78, 5) is 2.36. The minimum absolute atomic E-state index is 0.125. The monoisotopic (exact) mass is 375 g/mol. The van der Waals surface area contributed by atoms with Gasteiger partial charge in [-0.1, -0.05) is 28.8 Å². The number of nitrogens with two attached hydrogens (primary N) is 1. The Morgan fingerprint density at radius 2 is 2.05 bits per heavy atom. The summed E-state index contributed by atoms with van der Waals surface area (Å²) in [5, 5.41) is 0. The van der Waals surface area contributed by atoms with E-state index >= 15 is 0 Å². The predicted octanol–water partition coefficient (Wildman–Crippen LogP) is 2.18. The fourth-order valence-corrected chi connectivity index (χ4v) is 4.39. The third-order valence-electron chi connectivity index (χ3n) is 3.97. The molecule has 5 nitrogen and oxygen atoms in total. The van der Waals surface area contributed by atoms with Gasteiger partial charge >= 0.3 is 0 Å². The summed E-state index contributed by atoms with van der Waals surface area (Å²) >= 11 is 3.27. The van der Waals surface area contributed by atoms with E-state index in [0.717, 1.165) is 0 Å². The van der Waals surface area contributed by atoms with E-state index < -0.39 is 10.0 Å². The van der Waals surface area contributed by atoms with Crippen molar-refractivity contribution in [2.24, 2.45) is 0 Å². The Labute approximate surface area is 135 Å². The normalized spacial score (nSPS) is 16.7. The Kier molecular flexibility index (Phi) is 5.65. The van der Waals surface area contributed by atoms with Crippen molar-refractivity contribution >= 4 is 31.6 Å². The molecule has 7 heteroatoms. The van der Waals surface area contributed by atoms with E-state index in [9.17, 15) is 8.42 Å². The van der Waals surface area contributed by atoms with Crippen LogP contribution in [0.5, 0.6) is 0 Å². The first kappa shape index (κ1) is 16.7. The number of rotatable bonds is 6. The molecule has 1 saturated carbocycles.